The molecule has 0 radical (unpaired) electrons. The fraction of sp³-hybridized carbons (Fsp3) is 0.500. The molecule has 0 atom stereocenters. The van der Waals surface area contributed by atoms with Crippen LogP contribution in [-0.2, 0) is 20.2 Å². The molecule has 0 saturated heterocycles. The molecule has 0 aromatic carbocycles. The fourth-order valence-electron chi connectivity index (χ4n) is 1.56. The number of rotatable bonds is 7. The molecular weight excluding hydrogens is 232 g/mol. The summed E-state index contributed by atoms with van der Waals surface area (Å²) < 4.78 is 12.5. The second kappa shape index (κ2) is 6.20. The lowest BCUT2D eigenvalue weighted by Crippen LogP contribution is -2.14. The van der Waals surface area contributed by atoms with Crippen molar-refractivity contribution < 1.29 is 9.15 Å². The number of nitrogens with one attached hydrogen (secondary N) is 1. The van der Waals surface area contributed by atoms with Crippen molar-refractivity contribution in [3.63, 3.8) is 0 Å². The number of furan rings is 1. The Bertz CT molecular complexity index is 478. The summed E-state index contributed by atoms with van der Waals surface area (Å²) >= 11 is 0. The number of hydrogen-bond acceptors (Lipinski definition) is 5. The average Bonchev–Trinajstić information content (AvgIpc) is 2.96. The second-order valence-electron chi connectivity index (χ2n) is 4.04. The summed E-state index contributed by atoms with van der Waals surface area (Å²) in [4.78, 5) is 4.00. The molecule has 0 aliphatic carbocycles. The summed E-state index contributed by atoms with van der Waals surface area (Å²) in [5.74, 6) is 0.902. The molecular formula is C12H18N4O2. The largest absolute Gasteiger partial charge is 0.468 e. The number of ether oxygens (including phenoxy) is 1. The zero-order valence-corrected chi connectivity index (χ0v) is 10.7. The van der Waals surface area contributed by atoms with Crippen molar-refractivity contribution in [3.05, 3.63) is 30.0 Å². The van der Waals surface area contributed by atoms with Crippen LogP contribution in [0.2, 0.25) is 0 Å². The molecule has 0 bridgehead atoms. The van der Waals surface area contributed by atoms with Crippen molar-refractivity contribution in [3.8, 4) is 6.01 Å². The van der Waals surface area contributed by atoms with Gasteiger partial charge in [0.05, 0.1) is 12.8 Å². The predicted octanol–water partition coefficient (Wildman–Crippen LogP) is 1.49. The molecule has 2 heterocycles. The van der Waals surface area contributed by atoms with E-state index in [0.29, 0.717) is 12.6 Å². The van der Waals surface area contributed by atoms with E-state index in [0.717, 1.165) is 30.8 Å². The van der Waals surface area contributed by atoms with Gasteiger partial charge in [0.15, 0.2) is 0 Å². The van der Waals surface area contributed by atoms with Gasteiger partial charge in [-0.3, -0.25) is 4.68 Å². The average molecular weight is 250 g/mol. The minimum Gasteiger partial charge on any atom is -0.468 e. The molecule has 0 unspecified atom stereocenters. The summed E-state index contributed by atoms with van der Waals surface area (Å²) in [5.41, 5.74) is 1.02. The van der Waals surface area contributed by atoms with Gasteiger partial charge in [0.25, 0.3) is 0 Å². The fourth-order valence-corrected chi connectivity index (χ4v) is 1.56. The van der Waals surface area contributed by atoms with Gasteiger partial charge >= 0.3 is 6.01 Å². The number of nitrogens with zero attached hydrogens (tertiary/aromatic N) is 3. The lowest BCUT2D eigenvalue weighted by Gasteiger charge is -2.04. The molecule has 0 spiro atoms. The highest BCUT2D eigenvalue weighted by Crippen LogP contribution is 2.12. The standard InChI is InChI=1S/C12H18N4O2/c1-3-5-13-7-11-10(4-6-17-11)8-18-12-14-9-16(2)15-12/h4,6,9,13H,3,5,7-8H2,1-2H3. The number of aromatic nitrogens is 3. The highest BCUT2D eigenvalue weighted by atomic mass is 16.5. The number of hydrogen-bond donors (Lipinski definition) is 1. The quantitative estimate of drug-likeness (QED) is 0.754. The van der Waals surface area contributed by atoms with Crippen LogP contribution in [0.5, 0.6) is 6.01 Å². The van der Waals surface area contributed by atoms with E-state index >= 15 is 0 Å². The van der Waals surface area contributed by atoms with Crippen molar-refractivity contribution in [2.45, 2.75) is 26.5 Å². The summed E-state index contributed by atoms with van der Waals surface area (Å²) in [5, 5.41) is 7.35. The Morgan fingerprint density at radius 2 is 2.39 bits per heavy atom. The van der Waals surface area contributed by atoms with Gasteiger partial charge in [-0.05, 0) is 19.0 Å². The van der Waals surface area contributed by atoms with Crippen LogP contribution in [0.1, 0.15) is 24.7 Å². The van der Waals surface area contributed by atoms with Gasteiger partial charge in [-0.1, -0.05) is 6.92 Å². The normalized spacial score (nSPS) is 10.8. The molecule has 0 fully saturated rings. The van der Waals surface area contributed by atoms with Gasteiger partial charge in [0.2, 0.25) is 0 Å². The third-order valence-corrected chi connectivity index (χ3v) is 2.49. The molecule has 0 amide bonds. The minimum atomic E-state index is 0.381. The molecule has 6 nitrogen and oxygen atoms in total. The summed E-state index contributed by atoms with van der Waals surface area (Å²) in [7, 11) is 1.80. The minimum absolute atomic E-state index is 0.381. The first kappa shape index (κ1) is 12.6. The highest BCUT2D eigenvalue weighted by molar-refractivity contribution is 5.16. The Labute approximate surface area is 106 Å². The van der Waals surface area contributed by atoms with E-state index in [9.17, 15) is 0 Å². The van der Waals surface area contributed by atoms with E-state index < -0.39 is 0 Å². The molecule has 2 aromatic heterocycles. The predicted molar refractivity (Wildman–Crippen MR) is 66.0 cm³/mol. The summed E-state index contributed by atoms with van der Waals surface area (Å²) in [6.07, 6.45) is 4.38. The molecule has 6 heteroatoms. The first-order valence-corrected chi connectivity index (χ1v) is 6.04. The maximum atomic E-state index is 5.49. The Morgan fingerprint density at radius 1 is 1.50 bits per heavy atom. The van der Waals surface area contributed by atoms with Crippen LogP contribution < -0.4 is 10.1 Å². The van der Waals surface area contributed by atoms with Crippen LogP contribution in [-0.4, -0.2) is 21.3 Å². The molecule has 0 aliphatic rings. The van der Waals surface area contributed by atoms with Gasteiger partial charge < -0.3 is 14.5 Å². The topological polar surface area (TPSA) is 65.1 Å². The van der Waals surface area contributed by atoms with E-state index in [1.165, 1.54) is 0 Å². The highest BCUT2D eigenvalue weighted by Gasteiger charge is 2.08. The molecule has 0 aliphatic heterocycles. The van der Waals surface area contributed by atoms with Gasteiger partial charge in [0, 0.05) is 12.6 Å². The molecule has 0 saturated carbocycles. The monoisotopic (exact) mass is 250 g/mol. The lowest BCUT2D eigenvalue weighted by molar-refractivity contribution is 0.276. The third kappa shape index (κ3) is 3.33. The van der Waals surface area contributed by atoms with Gasteiger partial charge in [-0.25, -0.2) is 0 Å². The molecule has 2 rings (SSSR count). The van der Waals surface area contributed by atoms with Gasteiger partial charge in [-0.2, -0.15) is 4.98 Å². The SMILES string of the molecule is CCCNCc1occc1COc1ncn(C)n1. The van der Waals surface area contributed by atoms with E-state index in [-0.39, 0.29) is 0 Å². The van der Waals surface area contributed by atoms with E-state index in [4.69, 9.17) is 9.15 Å². The first-order chi connectivity index (χ1) is 8.79. The van der Waals surface area contributed by atoms with Crippen LogP contribution >= 0.6 is 0 Å². The Hall–Kier alpha value is -1.82. The Balaban J connectivity index is 1.87. The molecule has 18 heavy (non-hydrogen) atoms. The van der Waals surface area contributed by atoms with Crippen LogP contribution in [0.3, 0.4) is 0 Å². The van der Waals surface area contributed by atoms with Crippen LogP contribution in [0.25, 0.3) is 0 Å². The van der Waals surface area contributed by atoms with Gasteiger partial charge in [0.1, 0.15) is 18.7 Å². The van der Waals surface area contributed by atoms with Crippen molar-refractivity contribution >= 4 is 0 Å². The van der Waals surface area contributed by atoms with E-state index in [1.807, 2.05) is 6.07 Å². The van der Waals surface area contributed by atoms with Crippen molar-refractivity contribution in [1.82, 2.24) is 20.1 Å². The molecule has 98 valence electrons. The van der Waals surface area contributed by atoms with Crippen molar-refractivity contribution in [2.75, 3.05) is 6.54 Å². The van der Waals surface area contributed by atoms with E-state index in [1.54, 1.807) is 24.3 Å². The lowest BCUT2D eigenvalue weighted by atomic mass is 10.2. The second-order valence-corrected chi connectivity index (χ2v) is 4.04. The summed E-state index contributed by atoms with van der Waals surface area (Å²) in [6, 6.07) is 2.29. The van der Waals surface area contributed by atoms with Crippen LogP contribution in [0, 0.1) is 0 Å². The van der Waals surface area contributed by atoms with Crippen molar-refractivity contribution in [1.29, 1.82) is 0 Å². The van der Waals surface area contributed by atoms with Crippen molar-refractivity contribution in [2.24, 2.45) is 7.05 Å². The Kier molecular flexibility index (Phi) is 4.35. The number of aryl methyl sites for hydroxylation is 1. The third-order valence-electron chi connectivity index (χ3n) is 2.49. The maximum absolute atomic E-state index is 5.49. The first-order valence-electron chi connectivity index (χ1n) is 6.04. The Morgan fingerprint density at radius 3 is 3.11 bits per heavy atom. The zero-order valence-electron chi connectivity index (χ0n) is 10.7. The maximum Gasteiger partial charge on any atom is 0.335 e. The van der Waals surface area contributed by atoms with Gasteiger partial charge in [-0.15, -0.1) is 5.10 Å². The van der Waals surface area contributed by atoms with Crippen LogP contribution in [0.4, 0.5) is 0 Å². The molecule has 1 N–H and O–H groups in total. The summed E-state index contributed by atoms with van der Waals surface area (Å²) in [6.45, 7) is 4.24. The zero-order chi connectivity index (χ0) is 12.8. The van der Waals surface area contributed by atoms with Crippen LogP contribution in [0.15, 0.2) is 23.1 Å². The smallest absolute Gasteiger partial charge is 0.335 e. The molecule has 2 aromatic rings. The van der Waals surface area contributed by atoms with E-state index in [2.05, 4.69) is 22.3 Å².